The van der Waals surface area contributed by atoms with Crippen LogP contribution in [0.15, 0.2) is 47.1 Å². The van der Waals surface area contributed by atoms with Gasteiger partial charge in [-0.15, -0.1) is 0 Å². The second-order valence-corrected chi connectivity index (χ2v) is 4.69. The van der Waals surface area contributed by atoms with E-state index in [1.54, 1.807) is 18.4 Å². The monoisotopic (exact) mass is 270 g/mol. The van der Waals surface area contributed by atoms with Crippen molar-refractivity contribution in [3.63, 3.8) is 0 Å². The van der Waals surface area contributed by atoms with Crippen molar-refractivity contribution in [1.82, 2.24) is 5.32 Å². The van der Waals surface area contributed by atoms with Gasteiger partial charge in [0, 0.05) is 12.1 Å². The van der Waals surface area contributed by atoms with Gasteiger partial charge < -0.3 is 15.1 Å². The molecule has 0 saturated carbocycles. The van der Waals surface area contributed by atoms with E-state index < -0.39 is 5.92 Å². The highest BCUT2D eigenvalue weighted by Gasteiger charge is 2.31. The minimum Gasteiger partial charge on any atom is -0.467 e. The Bertz CT molecular complexity index is 634. The predicted molar refractivity (Wildman–Crippen MR) is 73.0 cm³/mol. The maximum Gasteiger partial charge on any atom is 0.232 e. The summed E-state index contributed by atoms with van der Waals surface area (Å²) < 4.78 is 5.14. The average molecular weight is 270 g/mol. The lowest BCUT2D eigenvalue weighted by Crippen LogP contribution is -2.26. The molecule has 1 aromatic heterocycles. The highest BCUT2D eigenvalue weighted by atomic mass is 16.3. The molecule has 0 saturated heterocycles. The van der Waals surface area contributed by atoms with E-state index in [9.17, 15) is 9.59 Å². The molecule has 1 aliphatic rings. The summed E-state index contributed by atoms with van der Waals surface area (Å²) >= 11 is 0. The number of carbonyl (C=O) groups is 2. The summed E-state index contributed by atoms with van der Waals surface area (Å²) in [7, 11) is 0. The fraction of sp³-hybridized carbons (Fsp3) is 0.200. The van der Waals surface area contributed by atoms with E-state index in [0.717, 1.165) is 11.3 Å². The van der Waals surface area contributed by atoms with Crippen LogP contribution >= 0.6 is 0 Å². The standard InChI is InChI=1S/C15H14N2O3/c18-14(16-9-10-4-3-7-20-10)8-12-11-5-1-2-6-13(11)17-15(12)19/h1-7,12H,8-9H2,(H,16,18)(H,17,19). The van der Waals surface area contributed by atoms with Crippen LogP contribution in [0.1, 0.15) is 23.7 Å². The lowest BCUT2D eigenvalue weighted by atomic mass is 9.97. The second kappa shape index (κ2) is 5.21. The zero-order valence-electron chi connectivity index (χ0n) is 10.8. The van der Waals surface area contributed by atoms with Gasteiger partial charge in [-0.3, -0.25) is 9.59 Å². The molecule has 5 nitrogen and oxygen atoms in total. The number of nitrogens with one attached hydrogen (secondary N) is 2. The number of furan rings is 1. The molecule has 1 aromatic carbocycles. The fourth-order valence-electron chi connectivity index (χ4n) is 2.33. The quantitative estimate of drug-likeness (QED) is 0.892. The largest absolute Gasteiger partial charge is 0.467 e. The Labute approximate surface area is 116 Å². The fourth-order valence-corrected chi connectivity index (χ4v) is 2.33. The van der Waals surface area contributed by atoms with E-state index in [4.69, 9.17) is 4.42 Å². The summed E-state index contributed by atoms with van der Waals surface area (Å²) in [5, 5.41) is 5.54. The van der Waals surface area contributed by atoms with Gasteiger partial charge in [0.15, 0.2) is 0 Å². The van der Waals surface area contributed by atoms with Crippen LogP contribution in [0.3, 0.4) is 0 Å². The third kappa shape index (κ3) is 2.42. The minimum absolute atomic E-state index is 0.126. The third-order valence-electron chi connectivity index (χ3n) is 3.34. The maximum absolute atomic E-state index is 11.9. The average Bonchev–Trinajstić information content (AvgIpc) is 3.06. The van der Waals surface area contributed by atoms with E-state index >= 15 is 0 Å². The van der Waals surface area contributed by atoms with Gasteiger partial charge >= 0.3 is 0 Å². The number of fused-ring (bicyclic) bond motifs is 1. The van der Waals surface area contributed by atoms with Gasteiger partial charge in [0.25, 0.3) is 0 Å². The van der Waals surface area contributed by atoms with Gasteiger partial charge in [-0.2, -0.15) is 0 Å². The van der Waals surface area contributed by atoms with Gasteiger partial charge in [-0.1, -0.05) is 18.2 Å². The summed E-state index contributed by atoms with van der Waals surface area (Å²) in [6.07, 6.45) is 1.70. The van der Waals surface area contributed by atoms with Gasteiger partial charge in [0.05, 0.1) is 18.7 Å². The van der Waals surface area contributed by atoms with Crippen LogP contribution < -0.4 is 10.6 Å². The van der Waals surface area contributed by atoms with Gasteiger partial charge in [0.1, 0.15) is 5.76 Å². The molecule has 2 heterocycles. The Kier molecular flexibility index (Phi) is 3.25. The van der Waals surface area contributed by atoms with Crippen molar-refractivity contribution in [2.24, 2.45) is 0 Å². The normalized spacial score (nSPS) is 16.6. The zero-order valence-corrected chi connectivity index (χ0v) is 10.8. The molecule has 1 atom stereocenters. The highest BCUT2D eigenvalue weighted by Crippen LogP contribution is 2.34. The summed E-state index contributed by atoms with van der Waals surface area (Å²) in [4.78, 5) is 23.8. The molecule has 0 bridgehead atoms. The summed E-state index contributed by atoms with van der Waals surface area (Å²) in [5.74, 6) is -0.0185. The molecule has 20 heavy (non-hydrogen) atoms. The molecule has 5 heteroatoms. The predicted octanol–water partition coefficient (Wildman–Crippen LogP) is 2.02. The van der Waals surface area contributed by atoms with Crippen LogP contribution in [0.4, 0.5) is 5.69 Å². The van der Waals surface area contributed by atoms with Gasteiger partial charge in [-0.25, -0.2) is 0 Å². The van der Waals surface area contributed by atoms with E-state index in [2.05, 4.69) is 10.6 Å². The van der Waals surface area contributed by atoms with E-state index in [-0.39, 0.29) is 18.2 Å². The van der Waals surface area contributed by atoms with Gasteiger partial charge in [-0.05, 0) is 23.8 Å². The van der Waals surface area contributed by atoms with Crippen molar-refractivity contribution in [3.05, 3.63) is 54.0 Å². The second-order valence-electron chi connectivity index (χ2n) is 4.69. The summed E-state index contributed by atoms with van der Waals surface area (Å²) in [5.41, 5.74) is 1.67. The molecule has 3 rings (SSSR count). The summed E-state index contributed by atoms with van der Waals surface area (Å²) in [6, 6.07) is 11.0. The molecule has 2 amide bonds. The summed E-state index contributed by atoms with van der Waals surface area (Å²) in [6.45, 7) is 0.335. The molecular weight excluding hydrogens is 256 g/mol. The number of hydrogen-bond donors (Lipinski definition) is 2. The lowest BCUT2D eigenvalue weighted by molar-refractivity contribution is -0.125. The molecule has 102 valence electrons. The van der Waals surface area contributed by atoms with Crippen LogP contribution in [-0.2, 0) is 16.1 Å². The molecule has 2 N–H and O–H groups in total. The lowest BCUT2D eigenvalue weighted by Gasteiger charge is -2.08. The Balaban J connectivity index is 1.63. The van der Waals surface area contributed by atoms with Crippen molar-refractivity contribution in [2.75, 3.05) is 5.32 Å². The molecule has 0 fully saturated rings. The first-order valence-corrected chi connectivity index (χ1v) is 6.43. The van der Waals surface area contributed by atoms with Crippen LogP contribution in [0.2, 0.25) is 0 Å². The Morgan fingerprint density at radius 3 is 2.90 bits per heavy atom. The first-order valence-electron chi connectivity index (χ1n) is 6.43. The SMILES string of the molecule is O=C(CC1C(=O)Nc2ccccc21)NCc1ccco1. The molecule has 2 aromatic rings. The van der Waals surface area contributed by atoms with E-state index in [1.807, 2.05) is 24.3 Å². The van der Waals surface area contributed by atoms with Crippen LogP contribution in [0.5, 0.6) is 0 Å². The molecule has 0 aliphatic carbocycles. The Morgan fingerprint density at radius 1 is 1.25 bits per heavy atom. The maximum atomic E-state index is 11.9. The van der Waals surface area contributed by atoms with Crippen molar-refractivity contribution >= 4 is 17.5 Å². The molecule has 0 radical (unpaired) electrons. The van der Waals surface area contributed by atoms with Crippen LogP contribution in [0, 0.1) is 0 Å². The Hall–Kier alpha value is -2.56. The molecule has 1 aliphatic heterocycles. The van der Waals surface area contributed by atoms with E-state index in [0.29, 0.717) is 12.3 Å². The molecule has 1 unspecified atom stereocenters. The number of amides is 2. The highest BCUT2D eigenvalue weighted by molar-refractivity contribution is 6.04. The first kappa shape index (κ1) is 12.5. The van der Waals surface area contributed by atoms with Crippen molar-refractivity contribution in [1.29, 1.82) is 0 Å². The van der Waals surface area contributed by atoms with Crippen molar-refractivity contribution in [2.45, 2.75) is 18.9 Å². The number of benzene rings is 1. The topological polar surface area (TPSA) is 71.3 Å². The third-order valence-corrected chi connectivity index (χ3v) is 3.34. The number of para-hydroxylation sites is 1. The van der Waals surface area contributed by atoms with Gasteiger partial charge in [0.2, 0.25) is 11.8 Å². The number of carbonyl (C=O) groups excluding carboxylic acids is 2. The number of rotatable bonds is 4. The zero-order chi connectivity index (χ0) is 13.9. The number of anilines is 1. The smallest absolute Gasteiger partial charge is 0.232 e. The minimum atomic E-state index is -0.414. The number of hydrogen-bond acceptors (Lipinski definition) is 3. The first-order chi connectivity index (χ1) is 9.74. The molecular formula is C15H14N2O3. The van der Waals surface area contributed by atoms with Crippen LogP contribution in [0.25, 0.3) is 0 Å². The molecule has 0 spiro atoms. The van der Waals surface area contributed by atoms with Crippen molar-refractivity contribution < 1.29 is 14.0 Å². The van der Waals surface area contributed by atoms with E-state index in [1.165, 1.54) is 0 Å². The van der Waals surface area contributed by atoms with Crippen LogP contribution in [-0.4, -0.2) is 11.8 Å². The Morgan fingerprint density at radius 2 is 2.10 bits per heavy atom. The van der Waals surface area contributed by atoms with Crippen molar-refractivity contribution in [3.8, 4) is 0 Å².